The van der Waals surface area contributed by atoms with Crippen LogP contribution in [0.25, 0.3) is 44.3 Å². The average Bonchev–Trinajstić information content (AvgIpc) is 3.59. The largest absolute Gasteiger partial charge is 0.494 e. The summed E-state index contributed by atoms with van der Waals surface area (Å²) in [7, 11) is 0. The lowest BCUT2D eigenvalue weighted by Crippen LogP contribution is -2.08. The zero-order chi connectivity index (χ0) is 30.0. The number of fused-ring (bicyclic) bond motifs is 2. The molecule has 0 saturated carbocycles. The van der Waals surface area contributed by atoms with Crippen molar-refractivity contribution in [1.82, 2.24) is 9.13 Å². The van der Waals surface area contributed by atoms with Gasteiger partial charge in [-0.1, -0.05) is 97.1 Å². The maximum Gasteiger partial charge on any atom is 0.119 e. The fourth-order valence-electron chi connectivity index (χ4n) is 7.12. The van der Waals surface area contributed by atoms with E-state index in [-0.39, 0.29) is 5.92 Å². The highest BCUT2D eigenvalue weighted by molar-refractivity contribution is 5.98. The monoisotopic (exact) mass is 574 g/mol. The normalized spacial score (nSPS) is 12.2. The molecule has 2 aromatic heterocycles. The first-order valence-electron chi connectivity index (χ1n) is 15.8. The average molecular weight is 575 g/mol. The van der Waals surface area contributed by atoms with Crippen molar-refractivity contribution >= 4 is 21.8 Å². The summed E-state index contributed by atoms with van der Waals surface area (Å²) in [5, 5.41) is 2.59. The second kappa shape index (κ2) is 11.9. The highest BCUT2D eigenvalue weighted by Crippen LogP contribution is 2.49. The van der Waals surface area contributed by atoms with Gasteiger partial charge in [0.15, 0.2) is 0 Å². The third kappa shape index (κ3) is 4.60. The summed E-state index contributed by atoms with van der Waals surface area (Å²) in [6.07, 6.45) is 0. The lowest BCUT2D eigenvalue weighted by atomic mass is 9.80. The van der Waals surface area contributed by atoms with Gasteiger partial charge in [-0.25, -0.2) is 0 Å². The molecule has 7 rings (SSSR count). The van der Waals surface area contributed by atoms with Gasteiger partial charge >= 0.3 is 0 Å². The van der Waals surface area contributed by atoms with Crippen LogP contribution in [0.2, 0.25) is 0 Å². The summed E-state index contributed by atoms with van der Waals surface area (Å²) in [5.74, 6) is 0.886. The van der Waals surface area contributed by atoms with Crippen molar-refractivity contribution in [2.75, 3.05) is 6.61 Å². The molecule has 0 aliphatic carbocycles. The number of hydrogen-bond donors (Lipinski definition) is 0. The first-order chi connectivity index (χ1) is 21.7. The van der Waals surface area contributed by atoms with Crippen LogP contribution in [0.4, 0.5) is 0 Å². The molecule has 2 heterocycles. The molecule has 218 valence electrons. The maximum atomic E-state index is 5.85. The number of rotatable bonds is 9. The molecule has 0 amide bonds. The Labute approximate surface area is 260 Å². The summed E-state index contributed by atoms with van der Waals surface area (Å²) in [4.78, 5) is 0. The molecule has 3 nitrogen and oxygen atoms in total. The molecule has 0 aliphatic heterocycles. The molecule has 0 spiro atoms. The molecule has 1 unspecified atom stereocenters. The third-order valence-electron chi connectivity index (χ3n) is 8.85. The van der Waals surface area contributed by atoms with Crippen LogP contribution in [0.15, 0.2) is 133 Å². The second-order valence-corrected chi connectivity index (χ2v) is 11.2. The molecule has 3 heteroatoms. The van der Waals surface area contributed by atoms with E-state index in [1.54, 1.807) is 0 Å². The van der Waals surface area contributed by atoms with Crippen LogP contribution in [0.1, 0.15) is 43.4 Å². The zero-order valence-electron chi connectivity index (χ0n) is 25.7. The van der Waals surface area contributed by atoms with Gasteiger partial charge in [-0.3, -0.25) is 0 Å². The van der Waals surface area contributed by atoms with Crippen molar-refractivity contribution in [2.45, 2.75) is 39.8 Å². The van der Waals surface area contributed by atoms with Gasteiger partial charge in [0.2, 0.25) is 0 Å². The highest BCUT2D eigenvalue weighted by atomic mass is 16.5. The topological polar surface area (TPSA) is 19.1 Å². The van der Waals surface area contributed by atoms with E-state index in [1.165, 1.54) is 61.0 Å². The van der Waals surface area contributed by atoms with Crippen LogP contribution < -0.4 is 4.74 Å². The van der Waals surface area contributed by atoms with Gasteiger partial charge in [-0.15, -0.1) is 0 Å². The number of benzene rings is 5. The van der Waals surface area contributed by atoms with Crippen molar-refractivity contribution in [3.63, 3.8) is 0 Å². The molecule has 1 atom stereocenters. The number of hydrogen-bond acceptors (Lipinski definition) is 1. The van der Waals surface area contributed by atoms with Gasteiger partial charge in [0, 0.05) is 40.8 Å². The molecule has 5 aromatic carbocycles. The Morgan fingerprint density at radius 2 is 0.955 bits per heavy atom. The lowest BCUT2D eigenvalue weighted by molar-refractivity contribution is 0.340. The number of ether oxygens (including phenoxy) is 1. The first kappa shape index (κ1) is 27.8. The van der Waals surface area contributed by atoms with Crippen molar-refractivity contribution < 1.29 is 4.74 Å². The molecule has 44 heavy (non-hydrogen) atoms. The summed E-state index contributed by atoms with van der Waals surface area (Å²) in [5.41, 5.74) is 11.5. The minimum Gasteiger partial charge on any atom is -0.494 e. The zero-order valence-corrected chi connectivity index (χ0v) is 25.7. The second-order valence-electron chi connectivity index (χ2n) is 11.2. The van der Waals surface area contributed by atoms with Crippen molar-refractivity contribution in [3.8, 4) is 28.3 Å². The van der Waals surface area contributed by atoms with Crippen LogP contribution in [0.3, 0.4) is 0 Å². The lowest BCUT2D eigenvalue weighted by Gasteiger charge is -2.23. The van der Waals surface area contributed by atoms with Crippen LogP contribution in [-0.2, 0) is 13.1 Å². The van der Waals surface area contributed by atoms with E-state index in [1.807, 2.05) is 6.92 Å². The summed E-state index contributed by atoms with van der Waals surface area (Å²) >= 11 is 0. The highest BCUT2D eigenvalue weighted by Gasteiger charge is 2.32. The fraction of sp³-hybridized carbons (Fsp3) is 0.171. The minimum absolute atomic E-state index is 0.0108. The molecule has 0 radical (unpaired) electrons. The first-order valence-corrected chi connectivity index (χ1v) is 15.8. The fourth-order valence-corrected chi connectivity index (χ4v) is 7.12. The van der Waals surface area contributed by atoms with E-state index in [4.69, 9.17) is 4.74 Å². The molecule has 0 saturated heterocycles. The van der Waals surface area contributed by atoms with Gasteiger partial charge in [0.05, 0.1) is 18.0 Å². The van der Waals surface area contributed by atoms with Crippen LogP contribution in [0.5, 0.6) is 5.75 Å². The number of aryl methyl sites for hydroxylation is 2. The van der Waals surface area contributed by atoms with Gasteiger partial charge in [-0.05, 0) is 85.0 Å². The predicted octanol–water partition coefficient (Wildman–Crippen LogP) is 10.5. The molecule has 7 aromatic rings. The van der Waals surface area contributed by atoms with Crippen LogP contribution >= 0.6 is 0 Å². The van der Waals surface area contributed by atoms with Gasteiger partial charge in [-0.2, -0.15) is 0 Å². The molecular weight excluding hydrogens is 536 g/mol. The van der Waals surface area contributed by atoms with Crippen LogP contribution in [-0.4, -0.2) is 15.7 Å². The Hall–Kier alpha value is -5.02. The molecular formula is C41H38N2O. The minimum atomic E-state index is -0.0108. The summed E-state index contributed by atoms with van der Waals surface area (Å²) < 4.78 is 10.8. The quantitative estimate of drug-likeness (QED) is 0.168. The number of aromatic nitrogens is 2. The Balaban J connectivity index is 1.64. The maximum absolute atomic E-state index is 5.85. The van der Waals surface area contributed by atoms with Crippen molar-refractivity contribution in [3.05, 3.63) is 150 Å². The molecule has 0 bridgehead atoms. The Bertz CT molecular complexity index is 2030. The van der Waals surface area contributed by atoms with Gasteiger partial charge < -0.3 is 13.9 Å². The molecule has 0 N–H and O–H groups in total. The van der Waals surface area contributed by atoms with E-state index in [2.05, 4.69) is 156 Å². The standard InChI is InChI=1S/C41H38N2O/c1-4-42-35-23-15-13-21-33(35)38(40(42)30-19-11-8-12-20-30)37(29-17-9-7-10-18-29)39-34-22-14-16-24-36(34)43(5-2)41(39)31-25-27-32(28-26-31)44-6-3/h7-28,37H,4-6H2,1-3H3. The summed E-state index contributed by atoms with van der Waals surface area (Å²) in [6, 6.07) is 48.6. The van der Waals surface area contributed by atoms with Crippen molar-refractivity contribution in [2.24, 2.45) is 0 Å². The van der Waals surface area contributed by atoms with E-state index >= 15 is 0 Å². The number of nitrogens with zero attached hydrogens (tertiary/aromatic N) is 2. The SMILES string of the molecule is CCOc1ccc(-c2c(C(c3ccccc3)c3c(-c4ccccc4)n(CC)c4ccccc34)c3ccccc3n2CC)cc1. The number of para-hydroxylation sites is 2. The van der Waals surface area contributed by atoms with Gasteiger partial charge in [0.1, 0.15) is 5.75 Å². The predicted molar refractivity (Wildman–Crippen MR) is 185 cm³/mol. The smallest absolute Gasteiger partial charge is 0.119 e. The van der Waals surface area contributed by atoms with Crippen molar-refractivity contribution in [1.29, 1.82) is 0 Å². The molecule has 0 aliphatic rings. The van der Waals surface area contributed by atoms with E-state index in [9.17, 15) is 0 Å². The van der Waals surface area contributed by atoms with E-state index in [0.29, 0.717) is 6.61 Å². The Kier molecular flexibility index (Phi) is 7.54. The van der Waals surface area contributed by atoms with E-state index in [0.717, 1.165) is 18.8 Å². The van der Waals surface area contributed by atoms with E-state index < -0.39 is 0 Å². The Morgan fingerprint density at radius 1 is 0.500 bits per heavy atom. The Morgan fingerprint density at radius 3 is 1.45 bits per heavy atom. The van der Waals surface area contributed by atoms with Crippen LogP contribution in [0, 0.1) is 0 Å². The molecule has 0 fully saturated rings. The third-order valence-corrected chi connectivity index (χ3v) is 8.85. The summed E-state index contributed by atoms with van der Waals surface area (Å²) in [6.45, 7) is 8.95. The van der Waals surface area contributed by atoms with Gasteiger partial charge in [0.25, 0.3) is 0 Å².